The molecule has 0 spiro atoms. The van der Waals surface area contributed by atoms with E-state index in [2.05, 4.69) is 62.3 Å². The zero-order chi connectivity index (χ0) is 15.2. The van der Waals surface area contributed by atoms with Gasteiger partial charge in [-0.1, -0.05) is 19.1 Å². The summed E-state index contributed by atoms with van der Waals surface area (Å²) in [6.45, 7) is 3.20. The Kier molecular flexibility index (Phi) is 6.74. The Balaban J connectivity index is 2.21. The van der Waals surface area contributed by atoms with Gasteiger partial charge >= 0.3 is 0 Å². The smallest absolute Gasteiger partial charge is 0.119 e. The van der Waals surface area contributed by atoms with Crippen LogP contribution in [0.3, 0.4) is 0 Å². The highest BCUT2D eigenvalue weighted by atomic mass is 79.9. The van der Waals surface area contributed by atoms with Crippen LogP contribution in [0.1, 0.15) is 30.5 Å². The number of nitrogens with one attached hydrogen (secondary N) is 1. The van der Waals surface area contributed by atoms with E-state index in [4.69, 9.17) is 4.74 Å². The molecule has 0 amide bonds. The summed E-state index contributed by atoms with van der Waals surface area (Å²) in [6, 6.07) is 10.8. The Morgan fingerprint density at radius 2 is 2.10 bits per heavy atom. The summed E-state index contributed by atoms with van der Waals surface area (Å²) < 4.78 is 7.65. The lowest BCUT2D eigenvalue weighted by Gasteiger charge is -2.19. The molecular weight excluding hydrogens is 414 g/mol. The van der Waals surface area contributed by atoms with Crippen molar-refractivity contribution in [2.75, 3.05) is 13.7 Å². The average molecular weight is 433 g/mol. The van der Waals surface area contributed by atoms with Gasteiger partial charge in [0.15, 0.2) is 0 Å². The quantitative estimate of drug-likeness (QED) is 0.617. The van der Waals surface area contributed by atoms with Crippen molar-refractivity contribution in [2.45, 2.75) is 25.8 Å². The number of rotatable bonds is 7. The van der Waals surface area contributed by atoms with E-state index in [0.717, 1.165) is 28.9 Å². The van der Waals surface area contributed by atoms with E-state index >= 15 is 0 Å². The summed E-state index contributed by atoms with van der Waals surface area (Å²) in [4.78, 5) is 0. The van der Waals surface area contributed by atoms with Gasteiger partial charge < -0.3 is 10.1 Å². The van der Waals surface area contributed by atoms with Crippen LogP contribution >= 0.6 is 43.2 Å². The molecule has 1 atom stereocenters. The van der Waals surface area contributed by atoms with Crippen molar-refractivity contribution in [1.29, 1.82) is 0 Å². The first kappa shape index (κ1) is 17.0. The van der Waals surface area contributed by atoms with E-state index < -0.39 is 0 Å². The molecule has 5 heteroatoms. The molecule has 1 N–H and O–H groups in total. The number of benzene rings is 1. The van der Waals surface area contributed by atoms with Crippen LogP contribution in [0.2, 0.25) is 0 Å². The summed E-state index contributed by atoms with van der Waals surface area (Å²) >= 11 is 8.96. The molecule has 1 heterocycles. The number of ether oxygens (including phenoxy) is 1. The topological polar surface area (TPSA) is 21.3 Å². The summed E-state index contributed by atoms with van der Waals surface area (Å²) in [7, 11) is 1.71. The maximum absolute atomic E-state index is 5.32. The lowest BCUT2D eigenvalue weighted by Crippen LogP contribution is -2.24. The van der Waals surface area contributed by atoms with Gasteiger partial charge in [0.2, 0.25) is 0 Å². The minimum Gasteiger partial charge on any atom is -0.497 e. The van der Waals surface area contributed by atoms with Gasteiger partial charge in [-0.3, -0.25) is 0 Å². The van der Waals surface area contributed by atoms with E-state index in [9.17, 15) is 0 Å². The second-order valence-electron chi connectivity index (χ2n) is 4.84. The van der Waals surface area contributed by atoms with Gasteiger partial charge in [0, 0.05) is 6.04 Å². The first-order chi connectivity index (χ1) is 10.1. The third-order valence-corrected chi connectivity index (χ3v) is 5.66. The van der Waals surface area contributed by atoms with Crippen LogP contribution < -0.4 is 10.1 Å². The molecule has 0 aliphatic rings. The molecule has 2 nitrogen and oxygen atoms in total. The van der Waals surface area contributed by atoms with Gasteiger partial charge in [0.25, 0.3) is 0 Å². The van der Waals surface area contributed by atoms with Crippen LogP contribution in [0.4, 0.5) is 0 Å². The zero-order valence-corrected chi connectivity index (χ0v) is 16.1. The van der Waals surface area contributed by atoms with Crippen molar-refractivity contribution in [3.05, 3.63) is 49.0 Å². The van der Waals surface area contributed by atoms with Crippen LogP contribution in [-0.2, 0) is 6.42 Å². The second kappa shape index (κ2) is 8.32. The Morgan fingerprint density at radius 3 is 2.71 bits per heavy atom. The monoisotopic (exact) mass is 431 g/mol. The zero-order valence-electron chi connectivity index (χ0n) is 12.2. The van der Waals surface area contributed by atoms with E-state index in [-0.39, 0.29) is 0 Å². The SMILES string of the molecule is CCCNC(Cc1cccc(OC)c1)c1cc(Br)sc1Br. The van der Waals surface area contributed by atoms with Crippen LogP contribution in [-0.4, -0.2) is 13.7 Å². The third kappa shape index (κ3) is 4.81. The molecule has 21 heavy (non-hydrogen) atoms. The number of halogens is 2. The largest absolute Gasteiger partial charge is 0.497 e. The van der Waals surface area contributed by atoms with Gasteiger partial charge in [0.1, 0.15) is 5.75 Å². The Hall–Kier alpha value is -0.360. The van der Waals surface area contributed by atoms with Crippen LogP contribution in [0.5, 0.6) is 5.75 Å². The molecule has 1 unspecified atom stereocenters. The molecule has 2 aromatic rings. The van der Waals surface area contributed by atoms with Crippen molar-refractivity contribution in [1.82, 2.24) is 5.32 Å². The molecule has 1 aromatic carbocycles. The van der Waals surface area contributed by atoms with Gasteiger partial charge in [-0.2, -0.15) is 0 Å². The highest BCUT2D eigenvalue weighted by molar-refractivity contribution is 9.12. The summed E-state index contributed by atoms with van der Waals surface area (Å²) in [5, 5.41) is 3.64. The van der Waals surface area contributed by atoms with Crippen LogP contribution in [0, 0.1) is 0 Å². The molecule has 2 rings (SSSR count). The second-order valence-corrected chi connectivity index (χ2v) is 8.59. The number of hydrogen-bond donors (Lipinski definition) is 1. The van der Waals surface area contributed by atoms with Crippen molar-refractivity contribution >= 4 is 43.2 Å². The Morgan fingerprint density at radius 1 is 1.29 bits per heavy atom. The van der Waals surface area contributed by atoms with Gasteiger partial charge in [-0.25, -0.2) is 0 Å². The molecule has 0 saturated carbocycles. The van der Waals surface area contributed by atoms with Crippen molar-refractivity contribution in [3.63, 3.8) is 0 Å². The average Bonchev–Trinajstić information content (AvgIpc) is 2.82. The lowest BCUT2D eigenvalue weighted by molar-refractivity contribution is 0.413. The summed E-state index contributed by atoms with van der Waals surface area (Å²) in [5.74, 6) is 0.910. The van der Waals surface area contributed by atoms with E-state index in [1.54, 1.807) is 18.4 Å². The first-order valence-electron chi connectivity index (χ1n) is 6.95. The van der Waals surface area contributed by atoms with Crippen LogP contribution in [0.15, 0.2) is 37.9 Å². The van der Waals surface area contributed by atoms with E-state index in [0.29, 0.717) is 6.04 Å². The van der Waals surface area contributed by atoms with Crippen molar-refractivity contribution in [3.8, 4) is 5.75 Å². The number of methoxy groups -OCH3 is 1. The molecule has 0 fully saturated rings. The molecule has 1 aromatic heterocycles. The first-order valence-corrected chi connectivity index (χ1v) is 9.35. The van der Waals surface area contributed by atoms with Gasteiger partial charge in [-0.15, -0.1) is 11.3 Å². The fraction of sp³-hybridized carbons (Fsp3) is 0.375. The van der Waals surface area contributed by atoms with E-state index in [1.165, 1.54) is 14.9 Å². The normalized spacial score (nSPS) is 12.4. The standard InChI is InChI=1S/C16H19Br2NOS/c1-3-7-19-14(13-10-15(17)21-16(13)18)9-11-5-4-6-12(8-11)20-2/h4-6,8,10,14,19H,3,7,9H2,1-2H3. The molecule has 0 saturated heterocycles. The Bertz CT molecular complexity index is 585. The van der Waals surface area contributed by atoms with E-state index in [1.807, 2.05) is 12.1 Å². The fourth-order valence-corrected chi connectivity index (χ4v) is 5.21. The summed E-state index contributed by atoms with van der Waals surface area (Å²) in [6.07, 6.45) is 2.07. The number of hydrogen-bond acceptors (Lipinski definition) is 3. The highest BCUT2D eigenvalue weighted by Gasteiger charge is 2.17. The molecule has 0 aliphatic heterocycles. The van der Waals surface area contributed by atoms with Crippen molar-refractivity contribution in [2.24, 2.45) is 0 Å². The van der Waals surface area contributed by atoms with Crippen molar-refractivity contribution < 1.29 is 4.74 Å². The molecule has 114 valence electrons. The molecular formula is C16H19Br2NOS. The summed E-state index contributed by atoms with van der Waals surface area (Å²) in [5.41, 5.74) is 2.58. The highest BCUT2D eigenvalue weighted by Crippen LogP contribution is 2.36. The predicted octanol–water partition coefficient (Wildman–Crippen LogP) is 5.57. The lowest BCUT2D eigenvalue weighted by atomic mass is 10.0. The fourth-order valence-electron chi connectivity index (χ4n) is 2.24. The molecule has 0 aliphatic carbocycles. The van der Waals surface area contributed by atoms with Gasteiger partial charge in [0.05, 0.1) is 14.7 Å². The number of thiophene rings is 1. The minimum atomic E-state index is 0.300. The van der Waals surface area contributed by atoms with Crippen LogP contribution in [0.25, 0.3) is 0 Å². The molecule has 0 radical (unpaired) electrons. The third-order valence-electron chi connectivity index (χ3n) is 3.27. The van der Waals surface area contributed by atoms with Gasteiger partial charge in [-0.05, 0) is 80.6 Å². The molecule has 0 bridgehead atoms. The maximum atomic E-state index is 5.32. The Labute approximate surface area is 147 Å². The minimum absolute atomic E-state index is 0.300. The maximum Gasteiger partial charge on any atom is 0.119 e. The predicted molar refractivity (Wildman–Crippen MR) is 97.5 cm³/mol.